The van der Waals surface area contributed by atoms with Crippen molar-refractivity contribution in [3.05, 3.63) is 35.2 Å². The Kier molecular flexibility index (Phi) is 4.80. The summed E-state index contributed by atoms with van der Waals surface area (Å²) in [5.41, 5.74) is 4.07. The molecule has 4 rings (SSSR count). The molecule has 1 amide bonds. The lowest BCUT2D eigenvalue weighted by molar-refractivity contribution is 0.00671. The largest absolute Gasteiger partial charge is 0.348 e. The lowest BCUT2D eigenvalue weighted by Gasteiger charge is -2.50. The Hall–Kier alpha value is -2.15. The molecule has 2 aliphatic heterocycles. The minimum Gasteiger partial charge on any atom is -0.348 e. The number of nitrogens with one attached hydrogen (secondary N) is 1. The Morgan fingerprint density at radius 1 is 1.26 bits per heavy atom. The molecule has 0 aliphatic carbocycles. The summed E-state index contributed by atoms with van der Waals surface area (Å²) < 4.78 is 1.82. The maximum Gasteiger partial charge on any atom is 0.272 e. The molecule has 0 saturated carbocycles. The molecule has 146 valence electrons. The standard InChI is InChI=1S/C20H30N6O/c1-4-9-25-10-6-16-18(22-14-21-16)20(25)7-11-24(12-8-20)19(27)17-13-15(3)23-26(17)5-2/h13-14H,4-12H2,1-3H3,(H,21,22). The summed E-state index contributed by atoms with van der Waals surface area (Å²) in [6, 6.07) is 1.91. The number of piperidine rings is 1. The Balaban J connectivity index is 1.56. The number of carbonyl (C=O) groups is 1. The van der Waals surface area contributed by atoms with Gasteiger partial charge in [0.15, 0.2) is 0 Å². The second-order valence-corrected chi connectivity index (χ2v) is 7.78. The molecule has 0 radical (unpaired) electrons. The lowest BCUT2D eigenvalue weighted by atomic mass is 9.78. The van der Waals surface area contributed by atoms with Gasteiger partial charge in [-0.3, -0.25) is 14.4 Å². The predicted molar refractivity (Wildman–Crippen MR) is 104 cm³/mol. The number of H-pyrrole nitrogens is 1. The van der Waals surface area contributed by atoms with E-state index in [9.17, 15) is 4.79 Å². The fourth-order valence-corrected chi connectivity index (χ4v) is 4.87. The van der Waals surface area contributed by atoms with E-state index in [0.29, 0.717) is 12.2 Å². The monoisotopic (exact) mass is 370 g/mol. The molecular weight excluding hydrogens is 340 g/mol. The molecule has 2 aromatic heterocycles. The number of carbonyl (C=O) groups excluding carboxylic acids is 1. The van der Waals surface area contributed by atoms with Crippen molar-refractivity contribution in [1.29, 1.82) is 0 Å². The van der Waals surface area contributed by atoms with Crippen molar-refractivity contribution in [1.82, 2.24) is 29.5 Å². The molecule has 1 spiro atoms. The highest BCUT2D eigenvalue weighted by Gasteiger charge is 2.47. The van der Waals surface area contributed by atoms with Crippen molar-refractivity contribution < 1.29 is 4.79 Å². The van der Waals surface area contributed by atoms with Gasteiger partial charge in [0.25, 0.3) is 5.91 Å². The number of hydrogen-bond donors (Lipinski definition) is 1. The van der Waals surface area contributed by atoms with E-state index in [1.807, 2.05) is 35.8 Å². The summed E-state index contributed by atoms with van der Waals surface area (Å²) in [6.07, 6.45) is 5.89. The van der Waals surface area contributed by atoms with Gasteiger partial charge in [-0.05, 0) is 45.7 Å². The first-order valence-corrected chi connectivity index (χ1v) is 10.2. The number of fused-ring (bicyclic) bond motifs is 2. The maximum absolute atomic E-state index is 13.1. The van der Waals surface area contributed by atoms with Crippen molar-refractivity contribution in [3.8, 4) is 0 Å². The number of amides is 1. The molecule has 7 heteroatoms. The van der Waals surface area contributed by atoms with Gasteiger partial charge in [-0.25, -0.2) is 4.98 Å². The second-order valence-electron chi connectivity index (χ2n) is 7.78. The molecule has 1 saturated heterocycles. The van der Waals surface area contributed by atoms with Crippen LogP contribution in [0.4, 0.5) is 0 Å². The number of imidazole rings is 1. The molecule has 1 N–H and O–H groups in total. The van der Waals surface area contributed by atoms with E-state index in [-0.39, 0.29) is 11.4 Å². The smallest absolute Gasteiger partial charge is 0.272 e. The minimum atomic E-state index is -0.0265. The van der Waals surface area contributed by atoms with Crippen LogP contribution in [0.15, 0.2) is 12.4 Å². The van der Waals surface area contributed by atoms with Crippen LogP contribution in [0, 0.1) is 6.92 Å². The van der Waals surface area contributed by atoms with Gasteiger partial charge in [0.2, 0.25) is 0 Å². The molecule has 1 fully saturated rings. The van der Waals surface area contributed by atoms with Gasteiger partial charge in [-0.2, -0.15) is 5.10 Å². The van der Waals surface area contributed by atoms with Gasteiger partial charge in [0.1, 0.15) is 5.69 Å². The second kappa shape index (κ2) is 7.11. The molecule has 0 unspecified atom stereocenters. The lowest BCUT2D eigenvalue weighted by Crippen LogP contribution is -2.57. The fourth-order valence-electron chi connectivity index (χ4n) is 4.87. The van der Waals surface area contributed by atoms with Crippen LogP contribution in [0.1, 0.15) is 60.7 Å². The normalized spacial score (nSPS) is 19.4. The average molecular weight is 371 g/mol. The van der Waals surface area contributed by atoms with Crippen molar-refractivity contribution in [3.63, 3.8) is 0 Å². The summed E-state index contributed by atoms with van der Waals surface area (Å²) in [5, 5.41) is 4.43. The molecule has 7 nitrogen and oxygen atoms in total. The third kappa shape index (κ3) is 2.98. The third-order valence-corrected chi connectivity index (χ3v) is 6.19. The zero-order valence-electron chi connectivity index (χ0n) is 16.7. The van der Waals surface area contributed by atoms with E-state index >= 15 is 0 Å². The summed E-state index contributed by atoms with van der Waals surface area (Å²) in [4.78, 5) is 25.8. The first kappa shape index (κ1) is 18.2. The van der Waals surface area contributed by atoms with Crippen LogP contribution in [0.25, 0.3) is 0 Å². The highest BCUT2D eigenvalue weighted by Crippen LogP contribution is 2.42. The number of aromatic nitrogens is 4. The van der Waals surface area contributed by atoms with Crippen LogP contribution in [0.3, 0.4) is 0 Å². The van der Waals surface area contributed by atoms with Crippen molar-refractivity contribution in [2.24, 2.45) is 0 Å². The fraction of sp³-hybridized carbons (Fsp3) is 0.650. The van der Waals surface area contributed by atoms with Crippen LogP contribution in [-0.2, 0) is 18.5 Å². The van der Waals surface area contributed by atoms with E-state index in [1.54, 1.807) is 0 Å². The SMILES string of the molecule is CCCN1CCc2[nH]cnc2C12CCN(C(=O)c1cc(C)nn1CC)CC2. The highest BCUT2D eigenvalue weighted by atomic mass is 16.2. The van der Waals surface area contributed by atoms with Crippen LogP contribution in [0.2, 0.25) is 0 Å². The molecule has 0 atom stereocenters. The average Bonchev–Trinajstić information content (AvgIpc) is 3.31. The van der Waals surface area contributed by atoms with E-state index in [2.05, 4.69) is 21.9 Å². The summed E-state index contributed by atoms with van der Waals surface area (Å²) in [5.74, 6) is 0.104. The molecule has 2 aliphatic rings. The van der Waals surface area contributed by atoms with Gasteiger partial charge < -0.3 is 9.88 Å². The minimum absolute atomic E-state index is 0.0265. The molecule has 4 heterocycles. The molecule has 2 aromatic rings. The van der Waals surface area contributed by atoms with Gasteiger partial charge >= 0.3 is 0 Å². The van der Waals surface area contributed by atoms with Crippen molar-refractivity contribution >= 4 is 5.91 Å². The van der Waals surface area contributed by atoms with Crippen LogP contribution in [0.5, 0.6) is 0 Å². The first-order valence-electron chi connectivity index (χ1n) is 10.2. The molecule has 27 heavy (non-hydrogen) atoms. The number of aryl methyl sites for hydroxylation is 2. The third-order valence-electron chi connectivity index (χ3n) is 6.19. The Morgan fingerprint density at radius 3 is 2.74 bits per heavy atom. The van der Waals surface area contributed by atoms with E-state index in [0.717, 1.165) is 57.6 Å². The number of aromatic amines is 1. The number of hydrogen-bond acceptors (Lipinski definition) is 4. The van der Waals surface area contributed by atoms with Crippen molar-refractivity contribution in [2.45, 2.75) is 58.5 Å². The van der Waals surface area contributed by atoms with Gasteiger partial charge in [0.05, 0.1) is 23.3 Å². The molecular formula is C20H30N6O. The van der Waals surface area contributed by atoms with E-state index in [4.69, 9.17) is 4.98 Å². The molecule has 0 bridgehead atoms. The quantitative estimate of drug-likeness (QED) is 0.897. The zero-order valence-corrected chi connectivity index (χ0v) is 16.7. The Labute approximate surface area is 160 Å². The summed E-state index contributed by atoms with van der Waals surface area (Å²) in [6.45, 7) is 10.6. The Bertz CT molecular complexity index is 814. The molecule has 0 aromatic carbocycles. The van der Waals surface area contributed by atoms with E-state index < -0.39 is 0 Å². The maximum atomic E-state index is 13.1. The number of likely N-dealkylation sites (tertiary alicyclic amines) is 1. The van der Waals surface area contributed by atoms with Gasteiger partial charge in [-0.1, -0.05) is 6.92 Å². The summed E-state index contributed by atoms with van der Waals surface area (Å²) in [7, 11) is 0. The topological polar surface area (TPSA) is 70.1 Å². The van der Waals surface area contributed by atoms with E-state index in [1.165, 1.54) is 11.4 Å². The van der Waals surface area contributed by atoms with Crippen LogP contribution in [-0.4, -0.2) is 61.6 Å². The highest BCUT2D eigenvalue weighted by molar-refractivity contribution is 5.92. The predicted octanol–water partition coefficient (Wildman–Crippen LogP) is 2.33. The first-order chi connectivity index (χ1) is 13.1. The van der Waals surface area contributed by atoms with Gasteiger partial charge in [-0.15, -0.1) is 0 Å². The van der Waals surface area contributed by atoms with Gasteiger partial charge in [0, 0.05) is 38.3 Å². The van der Waals surface area contributed by atoms with Crippen LogP contribution >= 0.6 is 0 Å². The number of nitrogens with zero attached hydrogens (tertiary/aromatic N) is 5. The number of rotatable bonds is 4. The summed E-state index contributed by atoms with van der Waals surface area (Å²) >= 11 is 0. The Morgan fingerprint density at radius 2 is 2.04 bits per heavy atom. The van der Waals surface area contributed by atoms with Crippen molar-refractivity contribution in [2.75, 3.05) is 26.2 Å². The van der Waals surface area contributed by atoms with Crippen LogP contribution < -0.4 is 0 Å². The zero-order chi connectivity index (χ0) is 19.0.